The first-order valence-corrected chi connectivity index (χ1v) is 5.99. The van der Waals surface area contributed by atoms with Crippen molar-refractivity contribution in [2.24, 2.45) is 5.73 Å². The first-order valence-electron chi connectivity index (χ1n) is 4.87. The Hall–Kier alpha value is -1.36. The van der Waals surface area contributed by atoms with Gasteiger partial charge < -0.3 is 11.1 Å². The second kappa shape index (κ2) is 5.65. The molecule has 0 heterocycles. The molecule has 0 saturated heterocycles. The van der Waals surface area contributed by atoms with Crippen LogP contribution in [0.4, 0.5) is 5.69 Å². The molecule has 0 bridgehead atoms. The van der Waals surface area contributed by atoms with Crippen LogP contribution in [-0.4, -0.2) is 17.1 Å². The zero-order valence-corrected chi connectivity index (χ0v) is 10.5. The molecule has 1 aromatic carbocycles. The number of hydrogen-bond donors (Lipinski definition) is 2. The van der Waals surface area contributed by atoms with Gasteiger partial charge in [-0.15, -0.1) is 0 Å². The standard InChI is InChI=1S/C11H13BrN2O2/c1-2-7-5-8(14-10(15)6-12)3-4-9(7)11(13)16/h3-5H,2,6H2,1H3,(H2,13,16)(H,14,15). The van der Waals surface area contributed by atoms with E-state index in [0.717, 1.165) is 5.56 Å². The summed E-state index contributed by atoms with van der Waals surface area (Å²) >= 11 is 3.06. The number of aryl methyl sites for hydroxylation is 1. The number of halogens is 1. The molecule has 0 unspecified atom stereocenters. The van der Waals surface area contributed by atoms with Crippen LogP contribution in [-0.2, 0) is 11.2 Å². The van der Waals surface area contributed by atoms with Gasteiger partial charge >= 0.3 is 0 Å². The molecule has 0 spiro atoms. The molecule has 2 amide bonds. The molecule has 0 aliphatic carbocycles. The molecule has 16 heavy (non-hydrogen) atoms. The summed E-state index contributed by atoms with van der Waals surface area (Å²) in [6.07, 6.45) is 0.691. The number of nitrogens with one attached hydrogen (secondary N) is 1. The van der Waals surface area contributed by atoms with E-state index in [1.165, 1.54) is 0 Å². The van der Waals surface area contributed by atoms with Crippen LogP contribution in [0.3, 0.4) is 0 Å². The largest absolute Gasteiger partial charge is 0.366 e. The number of anilines is 1. The summed E-state index contributed by atoms with van der Waals surface area (Å²) < 4.78 is 0. The quantitative estimate of drug-likeness (QED) is 0.826. The highest BCUT2D eigenvalue weighted by atomic mass is 79.9. The van der Waals surface area contributed by atoms with E-state index in [2.05, 4.69) is 21.2 Å². The van der Waals surface area contributed by atoms with Crippen LogP contribution in [0.2, 0.25) is 0 Å². The summed E-state index contributed by atoms with van der Waals surface area (Å²) in [4.78, 5) is 22.2. The molecule has 0 aliphatic rings. The van der Waals surface area contributed by atoms with E-state index >= 15 is 0 Å². The monoisotopic (exact) mass is 284 g/mol. The van der Waals surface area contributed by atoms with E-state index in [0.29, 0.717) is 17.7 Å². The summed E-state index contributed by atoms with van der Waals surface area (Å²) in [5.41, 5.74) is 7.24. The summed E-state index contributed by atoms with van der Waals surface area (Å²) in [7, 11) is 0. The van der Waals surface area contributed by atoms with Crippen molar-refractivity contribution < 1.29 is 9.59 Å². The fourth-order valence-electron chi connectivity index (χ4n) is 1.40. The maximum atomic E-state index is 11.2. The highest BCUT2D eigenvalue weighted by molar-refractivity contribution is 9.09. The Morgan fingerprint density at radius 2 is 2.12 bits per heavy atom. The van der Waals surface area contributed by atoms with Crippen molar-refractivity contribution in [2.45, 2.75) is 13.3 Å². The Labute approximate surface area is 102 Å². The average molecular weight is 285 g/mol. The average Bonchev–Trinajstić information content (AvgIpc) is 2.28. The molecule has 1 rings (SSSR count). The van der Waals surface area contributed by atoms with Crippen LogP contribution in [0.1, 0.15) is 22.8 Å². The number of hydrogen-bond acceptors (Lipinski definition) is 2. The number of amides is 2. The molecule has 1 aromatic rings. The van der Waals surface area contributed by atoms with E-state index < -0.39 is 5.91 Å². The zero-order valence-electron chi connectivity index (χ0n) is 8.92. The van der Waals surface area contributed by atoms with Crippen molar-refractivity contribution in [2.75, 3.05) is 10.6 Å². The van der Waals surface area contributed by atoms with Crippen molar-refractivity contribution in [3.05, 3.63) is 29.3 Å². The van der Waals surface area contributed by atoms with Crippen LogP contribution >= 0.6 is 15.9 Å². The molecule has 0 aliphatic heterocycles. The highest BCUT2D eigenvalue weighted by Crippen LogP contribution is 2.16. The molecule has 0 saturated carbocycles. The van der Waals surface area contributed by atoms with Gasteiger partial charge in [-0.25, -0.2) is 0 Å². The number of carbonyl (C=O) groups is 2. The van der Waals surface area contributed by atoms with Gasteiger partial charge in [-0.2, -0.15) is 0 Å². The van der Waals surface area contributed by atoms with Gasteiger partial charge in [0.25, 0.3) is 0 Å². The van der Waals surface area contributed by atoms with Crippen molar-refractivity contribution in [1.29, 1.82) is 0 Å². The number of rotatable bonds is 4. The number of primary amides is 1. The van der Waals surface area contributed by atoms with E-state index in [9.17, 15) is 9.59 Å². The number of alkyl halides is 1. The van der Waals surface area contributed by atoms with Crippen molar-refractivity contribution >= 4 is 33.4 Å². The van der Waals surface area contributed by atoms with Crippen LogP contribution in [0.15, 0.2) is 18.2 Å². The van der Waals surface area contributed by atoms with Crippen LogP contribution in [0.25, 0.3) is 0 Å². The summed E-state index contributed by atoms with van der Waals surface area (Å²) in [5, 5.41) is 2.94. The predicted octanol–water partition coefficient (Wildman–Crippen LogP) is 1.68. The fraction of sp³-hybridized carbons (Fsp3) is 0.273. The molecule has 5 heteroatoms. The molecule has 4 nitrogen and oxygen atoms in total. The predicted molar refractivity (Wildman–Crippen MR) is 66.8 cm³/mol. The van der Waals surface area contributed by atoms with Gasteiger partial charge in [0.2, 0.25) is 11.8 Å². The van der Waals surface area contributed by atoms with Gasteiger partial charge in [-0.05, 0) is 30.2 Å². The van der Waals surface area contributed by atoms with Gasteiger partial charge in [-0.1, -0.05) is 22.9 Å². The van der Waals surface area contributed by atoms with Gasteiger partial charge in [-0.3, -0.25) is 9.59 Å². The molecular weight excluding hydrogens is 272 g/mol. The van der Waals surface area contributed by atoms with Gasteiger partial charge in [0, 0.05) is 11.3 Å². The first-order chi connectivity index (χ1) is 7.58. The fourth-order valence-corrected chi connectivity index (χ4v) is 1.54. The van der Waals surface area contributed by atoms with Crippen molar-refractivity contribution in [1.82, 2.24) is 0 Å². The summed E-state index contributed by atoms with van der Waals surface area (Å²) in [6, 6.07) is 5.06. The lowest BCUT2D eigenvalue weighted by molar-refractivity contribution is -0.113. The Morgan fingerprint density at radius 3 is 2.62 bits per heavy atom. The van der Waals surface area contributed by atoms with E-state index in [1.54, 1.807) is 18.2 Å². The third kappa shape index (κ3) is 3.06. The maximum Gasteiger partial charge on any atom is 0.248 e. The number of nitrogens with two attached hydrogens (primary N) is 1. The van der Waals surface area contributed by atoms with E-state index in [-0.39, 0.29) is 11.2 Å². The SMILES string of the molecule is CCc1cc(NC(=O)CBr)ccc1C(N)=O. The highest BCUT2D eigenvalue weighted by Gasteiger charge is 2.08. The molecular formula is C11H13BrN2O2. The Bertz CT molecular complexity index is 418. The second-order valence-electron chi connectivity index (χ2n) is 3.27. The molecule has 0 atom stereocenters. The number of benzene rings is 1. The number of carbonyl (C=O) groups excluding carboxylic acids is 2. The zero-order chi connectivity index (χ0) is 12.1. The third-order valence-electron chi connectivity index (χ3n) is 2.16. The normalized spacial score (nSPS) is 9.88. The molecule has 86 valence electrons. The van der Waals surface area contributed by atoms with Crippen LogP contribution in [0, 0.1) is 0 Å². The molecule has 0 aromatic heterocycles. The maximum absolute atomic E-state index is 11.2. The van der Waals surface area contributed by atoms with E-state index in [4.69, 9.17) is 5.73 Å². The van der Waals surface area contributed by atoms with Crippen molar-refractivity contribution in [3.63, 3.8) is 0 Å². The lowest BCUT2D eigenvalue weighted by Crippen LogP contribution is -2.15. The minimum absolute atomic E-state index is 0.131. The smallest absolute Gasteiger partial charge is 0.248 e. The summed E-state index contributed by atoms with van der Waals surface area (Å²) in [6.45, 7) is 1.93. The molecule has 0 fully saturated rings. The summed E-state index contributed by atoms with van der Waals surface area (Å²) in [5.74, 6) is -0.580. The minimum Gasteiger partial charge on any atom is -0.366 e. The minimum atomic E-state index is -0.449. The van der Waals surface area contributed by atoms with Crippen LogP contribution in [0.5, 0.6) is 0 Å². The Kier molecular flexibility index (Phi) is 4.49. The van der Waals surface area contributed by atoms with Gasteiger partial charge in [0.15, 0.2) is 0 Å². The lowest BCUT2D eigenvalue weighted by atomic mass is 10.0. The van der Waals surface area contributed by atoms with Crippen LogP contribution < -0.4 is 11.1 Å². The van der Waals surface area contributed by atoms with Gasteiger partial charge in [0.05, 0.1) is 5.33 Å². The second-order valence-corrected chi connectivity index (χ2v) is 3.83. The molecule has 3 N–H and O–H groups in total. The topological polar surface area (TPSA) is 72.2 Å². The van der Waals surface area contributed by atoms with E-state index in [1.807, 2.05) is 6.92 Å². The van der Waals surface area contributed by atoms with Gasteiger partial charge in [0.1, 0.15) is 0 Å². The molecule has 0 radical (unpaired) electrons. The lowest BCUT2D eigenvalue weighted by Gasteiger charge is -2.08. The third-order valence-corrected chi connectivity index (χ3v) is 2.67. The Balaban J connectivity index is 2.99. The Morgan fingerprint density at radius 1 is 1.44 bits per heavy atom. The van der Waals surface area contributed by atoms with Crippen molar-refractivity contribution in [3.8, 4) is 0 Å². The first kappa shape index (κ1) is 12.7.